The first-order chi connectivity index (χ1) is 8.07. The fourth-order valence-corrected chi connectivity index (χ4v) is 3.83. The van der Waals surface area contributed by atoms with E-state index < -0.39 is 10.0 Å². The first-order valence-electron chi connectivity index (χ1n) is 5.74. The maximum atomic E-state index is 12.3. The molecular weight excluding hydrogens is 240 g/mol. The number of H-pyrrole nitrogens is 1. The molecule has 0 radical (unpaired) electrons. The maximum Gasteiger partial charge on any atom is 0.260 e. The Morgan fingerprint density at radius 3 is 2.94 bits per heavy atom. The molecule has 1 aliphatic rings. The van der Waals surface area contributed by atoms with Gasteiger partial charge in [-0.2, -0.15) is 4.31 Å². The molecule has 2 unspecified atom stereocenters. The fraction of sp³-hybridized carbons (Fsp3) is 0.700. The molecule has 1 aliphatic carbocycles. The lowest BCUT2D eigenvalue weighted by molar-refractivity contribution is 0.303. The Labute approximate surface area is 101 Å². The van der Waals surface area contributed by atoms with Gasteiger partial charge in [0.2, 0.25) is 0 Å². The van der Waals surface area contributed by atoms with E-state index in [2.05, 4.69) is 9.97 Å². The van der Waals surface area contributed by atoms with Gasteiger partial charge in [0.05, 0.1) is 12.5 Å². The molecule has 1 aromatic rings. The SMILES string of the molecule is CN(C1CCCC1CN)S(=O)(=O)c1cnc[nH]1. The van der Waals surface area contributed by atoms with E-state index in [0.29, 0.717) is 6.54 Å². The van der Waals surface area contributed by atoms with Gasteiger partial charge in [-0.05, 0) is 25.3 Å². The van der Waals surface area contributed by atoms with Gasteiger partial charge < -0.3 is 10.7 Å². The molecule has 1 saturated carbocycles. The molecule has 0 amide bonds. The van der Waals surface area contributed by atoms with Crippen LogP contribution in [0.25, 0.3) is 0 Å². The van der Waals surface area contributed by atoms with E-state index in [1.807, 2.05) is 0 Å². The standard InChI is InChI=1S/C10H18N4O2S/c1-14(9-4-2-3-8(9)5-11)17(15,16)10-6-12-7-13-10/h6-9H,2-5,11H2,1H3,(H,12,13). The molecule has 1 heterocycles. The van der Waals surface area contributed by atoms with Gasteiger partial charge in [-0.15, -0.1) is 0 Å². The molecule has 0 spiro atoms. The summed E-state index contributed by atoms with van der Waals surface area (Å²) in [6.07, 6.45) is 5.62. The Balaban J connectivity index is 2.22. The van der Waals surface area contributed by atoms with Gasteiger partial charge in [-0.1, -0.05) is 6.42 Å². The summed E-state index contributed by atoms with van der Waals surface area (Å²) >= 11 is 0. The summed E-state index contributed by atoms with van der Waals surface area (Å²) in [4.78, 5) is 6.39. The number of hydrogen-bond acceptors (Lipinski definition) is 4. The minimum atomic E-state index is -3.46. The highest BCUT2D eigenvalue weighted by Gasteiger charge is 2.36. The smallest absolute Gasteiger partial charge is 0.260 e. The second-order valence-corrected chi connectivity index (χ2v) is 6.40. The highest BCUT2D eigenvalue weighted by Crippen LogP contribution is 2.31. The van der Waals surface area contributed by atoms with Crippen LogP contribution >= 0.6 is 0 Å². The highest BCUT2D eigenvalue weighted by molar-refractivity contribution is 7.89. The molecule has 17 heavy (non-hydrogen) atoms. The topological polar surface area (TPSA) is 92.1 Å². The van der Waals surface area contributed by atoms with Gasteiger partial charge >= 0.3 is 0 Å². The maximum absolute atomic E-state index is 12.3. The monoisotopic (exact) mass is 258 g/mol. The first-order valence-corrected chi connectivity index (χ1v) is 7.18. The number of nitrogens with two attached hydrogens (primary N) is 1. The fourth-order valence-electron chi connectivity index (χ4n) is 2.49. The van der Waals surface area contributed by atoms with Gasteiger partial charge in [0.15, 0.2) is 5.03 Å². The average Bonchev–Trinajstić information content (AvgIpc) is 2.98. The van der Waals surface area contributed by atoms with Gasteiger partial charge in [0.1, 0.15) is 0 Å². The number of aromatic nitrogens is 2. The minimum Gasteiger partial charge on any atom is -0.335 e. The van der Waals surface area contributed by atoms with Gasteiger partial charge in [0, 0.05) is 13.1 Å². The second-order valence-electron chi connectivity index (χ2n) is 4.43. The van der Waals surface area contributed by atoms with Gasteiger partial charge in [-0.3, -0.25) is 0 Å². The van der Waals surface area contributed by atoms with Crippen molar-refractivity contribution < 1.29 is 8.42 Å². The number of rotatable bonds is 4. The van der Waals surface area contributed by atoms with Crippen LogP contribution in [0.5, 0.6) is 0 Å². The molecule has 6 nitrogen and oxygen atoms in total. The number of aromatic amines is 1. The van der Waals surface area contributed by atoms with E-state index >= 15 is 0 Å². The van der Waals surface area contributed by atoms with Crippen molar-refractivity contribution in [3.63, 3.8) is 0 Å². The van der Waals surface area contributed by atoms with Crippen LogP contribution in [0.3, 0.4) is 0 Å². The summed E-state index contributed by atoms with van der Waals surface area (Å²) in [5.74, 6) is 0.262. The summed E-state index contributed by atoms with van der Waals surface area (Å²) in [5.41, 5.74) is 5.68. The van der Waals surface area contributed by atoms with Crippen LogP contribution in [0.1, 0.15) is 19.3 Å². The van der Waals surface area contributed by atoms with E-state index in [-0.39, 0.29) is 17.0 Å². The summed E-state index contributed by atoms with van der Waals surface area (Å²) < 4.78 is 25.9. The van der Waals surface area contributed by atoms with Crippen LogP contribution in [0.2, 0.25) is 0 Å². The zero-order valence-electron chi connectivity index (χ0n) is 9.83. The van der Waals surface area contributed by atoms with E-state index in [0.717, 1.165) is 19.3 Å². The Hall–Kier alpha value is -0.920. The first kappa shape index (κ1) is 12.5. The minimum absolute atomic E-state index is 0.00769. The van der Waals surface area contributed by atoms with Crippen molar-refractivity contribution in [1.29, 1.82) is 0 Å². The number of nitrogens with zero attached hydrogens (tertiary/aromatic N) is 2. The van der Waals surface area contributed by atoms with Crippen molar-refractivity contribution in [2.75, 3.05) is 13.6 Å². The van der Waals surface area contributed by atoms with Crippen molar-refractivity contribution in [3.8, 4) is 0 Å². The number of sulfonamides is 1. The molecular formula is C10H18N4O2S. The zero-order chi connectivity index (χ0) is 12.5. The van der Waals surface area contributed by atoms with E-state index in [1.54, 1.807) is 7.05 Å². The van der Waals surface area contributed by atoms with Crippen LogP contribution in [0.4, 0.5) is 0 Å². The van der Waals surface area contributed by atoms with Gasteiger partial charge in [-0.25, -0.2) is 13.4 Å². The largest absolute Gasteiger partial charge is 0.335 e. The molecule has 0 aliphatic heterocycles. The van der Waals surface area contributed by atoms with Crippen LogP contribution in [-0.4, -0.2) is 42.3 Å². The lowest BCUT2D eigenvalue weighted by Crippen LogP contribution is -2.41. The van der Waals surface area contributed by atoms with Crippen LogP contribution < -0.4 is 5.73 Å². The molecule has 2 atom stereocenters. The third-order valence-corrected chi connectivity index (χ3v) is 5.33. The number of nitrogens with one attached hydrogen (secondary N) is 1. The Morgan fingerprint density at radius 1 is 1.59 bits per heavy atom. The molecule has 96 valence electrons. The molecule has 0 saturated heterocycles. The van der Waals surface area contributed by atoms with Crippen molar-refractivity contribution in [2.45, 2.75) is 30.3 Å². The van der Waals surface area contributed by atoms with E-state index in [9.17, 15) is 8.42 Å². The summed E-state index contributed by atoms with van der Waals surface area (Å²) in [6, 6.07) is 0.00769. The summed E-state index contributed by atoms with van der Waals surface area (Å²) in [7, 11) is -1.84. The predicted octanol–water partition coefficient (Wildman–Crippen LogP) is 0.158. The molecule has 3 N–H and O–H groups in total. The molecule has 0 aromatic carbocycles. The molecule has 2 rings (SSSR count). The van der Waals surface area contributed by atoms with Crippen LogP contribution in [-0.2, 0) is 10.0 Å². The van der Waals surface area contributed by atoms with E-state index in [4.69, 9.17) is 5.73 Å². The molecule has 1 aromatic heterocycles. The molecule has 0 bridgehead atoms. The van der Waals surface area contributed by atoms with Crippen molar-refractivity contribution in [3.05, 3.63) is 12.5 Å². The number of hydrogen-bond donors (Lipinski definition) is 2. The molecule has 7 heteroatoms. The van der Waals surface area contributed by atoms with E-state index in [1.165, 1.54) is 16.8 Å². The number of imidazole rings is 1. The second kappa shape index (κ2) is 4.75. The Bertz CT molecular complexity index is 457. The third-order valence-electron chi connectivity index (χ3n) is 3.52. The molecule has 1 fully saturated rings. The Morgan fingerprint density at radius 2 is 2.35 bits per heavy atom. The predicted molar refractivity (Wildman–Crippen MR) is 63.7 cm³/mol. The zero-order valence-corrected chi connectivity index (χ0v) is 10.7. The van der Waals surface area contributed by atoms with Crippen molar-refractivity contribution in [2.24, 2.45) is 11.7 Å². The lowest BCUT2D eigenvalue weighted by Gasteiger charge is -2.27. The quantitative estimate of drug-likeness (QED) is 0.804. The third kappa shape index (κ3) is 2.22. The van der Waals surface area contributed by atoms with Crippen molar-refractivity contribution >= 4 is 10.0 Å². The highest BCUT2D eigenvalue weighted by atomic mass is 32.2. The lowest BCUT2D eigenvalue weighted by atomic mass is 10.0. The van der Waals surface area contributed by atoms with Crippen molar-refractivity contribution in [1.82, 2.24) is 14.3 Å². The summed E-state index contributed by atoms with van der Waals surface area (Å²) in [5, 5.41) is 0.141. The normalized spacial score (nSPS) is 25.6. The Kier molecular flexibility index (Phi) is 3.50. The summed E-state index contributed by atoms with van der Waals surface area (Å²) in [6.45, 7) is 0.535. The van der Waals surface area contributed by atoms with Crippen LogP contribution in [0, 0.1) is 5.92 Å². The van der Waals surface area contributed by atoms with Crippen LogP contribution in [0.15, 0.2) is 17.6 Å². The van der Waals surface area contributed by atoms with Gasteiger partial charge in [0.25, 0.3) is 10.0 Å². The average molecular weight is 258 g/mol.